The van der Waals surface area contributed by atoms with Crippen molar-refractivity contribution >= 4 is 11.8 Å². The molecule has 2 aromatic rings. The monoisotopic (exact) mass is 304 g/mol. The molecular formula is C17H20O3S. The van der Waals surface area contributed by atoms with Gasteiger partial charge in [0.25, 0.3) is 0 Å². The Balaban J connectivity index is 2.33. The van der Waals surface area contributed by atoms with E-state index in [0.717, 1.165) is 12.0 Å². The molecule has 112 valence electrons. The molecule has 0 bridgehead atoms. The first kappa shape index (κ1) is 15.6. The normalized spacial score (nSPS) is 12.0. The Kier molecular flexibility index (Phi) is 5.39. The van der Waals surface area contributed by atoms with Gasteiger partial charge in [-0.05, 0) is 36.2 Å². The van der Waals surface area contributed by atoms with Crippen molar-refractivity contribution in [3.05, 3.63) is 48.0 Å². The predicted octanol–water partition coefficient (Wildman–Crippen LogP) is 4.65. The minimum absolute atomic E-state index is 0.0447. The lowest BCUT2D eigenvalue weighted by molar-refractivity contribution is 0.339. The number of thioether (sulfide) groups is 1. The Bertz CT molecular complexity index is 559. The van der Waals surface area contributed by atoms with E-state index in [2.05, 4.69) is 19.1 Å². The largest absolute Gasteiger partial charge is 0.502 e. The van der Waals surface area contributed by atoms with Gasteiger partial charge in [-0.3, -0.25) is 0 Å². The molecular weight excluding hydrogens is 284 g/mol. The molecule has 2 rings (SSSR count). The van der Waals surface area contributed by atoms with Crippen LogP contribution in [0.3, 0.4) is 0 Å². The SMILES string of the molecule is CCC(Sc1ccccc1)c1cc(OC)c(O)c(OC)c1. The van der Waals surface area contributed by atoms with Gasteiger partial charge in [0.2, 0.25) is 5.75 Å². The van der Waals surface area contributed by atoms with Crippen LogP contribution >= 0.6 is 11.8 Å². The van der Waals surface area contributed by atoms with Gasteiger partial charge in [0.1, 0.15) is 0 Å². The molecule has 1 atom stereocenters. The lowest BCUT2D eigenvalue weighted by Gasteiger charge is -2.18. The maximum Gasteiger partial charge on any atom is 0.200 e. The highest BCUT2D eigenvalue weighted by Crippen LogP contribution is 2.44. The van der Waals surface area contributed by atoms with E-state index >= 15 is 0 Å². The molecule has 0 saturated carbocycles. The first-order valence-electron chi connectivity index (χ1n) is 6.86. The van der Waals surface area contributed by atoms with Crippen molar-refractivity contribution in [1.29, 1.82) is 0 Å². The second-order valence-corrected chi connectivity index (χ2v) is 5.88. The molecule has 0 saturated heterocycles. The average Bonchev–Trinajstić information content (AvgIpc) is 2.54. The summed E-state index contributed by atoms with van der Waals surface area (Å²) in [5.74, 6) is 0.927. The lowest BCUT2D eigenvalue weighted by Crippen LogP contribution is -1.96. The van der Waals surface area contributed by atoms with Gasteiger partial charge in [-0.1, -0.05) is 25.1 Å². The van der Waals surface area contributed by atoms with Gasteiger partial charge >= 0.3 is 0 Å². The highest BCUT2D eigenvalue weighted by molar-refractivity contribution is 7.99. The van der Waals surface area contributed by atoms with Crippen LogP contribution in [0.15, 0.2) is 47.4 Å². The second-order valence-electron chi connectivity index (χ2n) is 4.60. The summed E-state index contributed by atoms with van der Waals surface area (Å²) in [5.41, 5.74) is 1.08. The van der Waals surface area contributed by atoms with Gasteiger partial charge < -0.3 is 14.6 Å². The first-order chi connectivity index (χ1) is 10.2. The minimum atomic E-state index is 0.0447. The van der Waals surface area contributed by atoms with Gasteiger partial charge in [0.15, 0.2) is 11.5 Å². The third-order valence-corrected chi connectivity index (χ3v) is 4.70. The Morgan fingerprint density at radius 3 is 2.10 bits per heavy atom. The van der Waals surface area contributed by atoms with Crippen molar-refractivity contribution in [2.24, 2.45) is 0 Å². The van der Waals surface area contributed by atoms with Crippen LogP contribution in [-0.2, 0) is 0 Å². The second kappa shape index (κ2) is 7.27. The van der Waals surface area contributed by atoms with Crippen molar-refractivity contribution in [2.75, 3.05) is 14.2 Å². The number of hydrogen-bond donors (Lipinski definition) is 1. The molecule has 0 aliphatic heterocycles. The van der Waals surface area contributed by atoms with E-state index in [4.69, 9.17) is 9.47 Å². The summed E-state index contributed by atoms with van der Waals surface area (Å²) in [6.45, 7) is 2.15. The van der Waals surface area contributed by atoms with Gasteiger partial charge in [0, 0.05) is 10.1 Å². The van der Waals surface area contributed by atoms with Crippen LogP contribution in [-0.4, -0.2) is 19.3 Å². The number of ether oxygens (including phenoxy) is 2. The molecule has 0 amide bonds. The number of hydrogen-bond acceptors (Lipinski definition) is 4. The summed E-state index contributed by atoms with van der Waals surface area (Å²) in [5, 5.41) is 10.3. The van der Waals surface area contributed by atoms with Crippen LogP contribution in [0.2, 0.25) is 0 Å². The number of phenols is 1. The third-order valence-electron chi connectivity index (χ3n) is 3.27. The van der Waals surface area contributed by atoms with Crippen molar-refractivity contribution < 1.29 is 14.6 Å². The Morgan fingerprint density at radius 2 is 1.62 bits per heavy atom. The fraction of sp³-hybridized carbons (Fsp3) is 0.294. The summed E-state index contributed by atoms with van der Waals surface area (Å²) >= 11 is 1.79. The first-order valence-corrected chi connectivity index (χ1v) is 7.74. The Morgan fingerprint density at radius 1 is 1.05 bits per heavy atom. The molecule has 1 N–H and O–H groups in total. The Hall–Kier alpha value is -1.81. The summed E-state index contributed by atoms with van der Waals surface area (Å²) in [6.07, 6.45) is 0.969. The van der Waals surface area contributed by atoms with E-state index in [9.17, 15) is 5.11 Å². The van der Waals surface area contributed by atoms with E-state index in [0.29, 0.717) is 11.5 Å². The molecule has 0 heterocycles. The molecule has 3 nitrogen and oxygen atoms in total. The smallest absolute Gasteiger partial charge is 0.200 e. The maximum absolute atomic E-state index is 10.0. The fourth-order valence-electron chi connectivity index (χ4n) is 2.15. The fourth-order valence-corrected chi connectivity index (χ4v) is 3.23. The number of aromatic hydroxyl groups is 1. The average molecular weight is 304 g/mol. The van der Waals surface area contributed by atoms with Crippen LogP contribution in [0, 0.1) is 0 Å². The van der Waals surface area contributed by atoms with Gasteiger partial charge in [0.05, 0.1) is 14.2 Å². The van der Waals surface area contributed by atoms with E-state index < -0.39 is 0 Å². The maximum atomic E-state index is 10.0. The summed E-state index contributed by atoms with van der Waals surface area (Å²) in [7, 11) is 3.09. The predicted molar refractivity (Wildman–Crippen MR) is 86.5 cm³/mol. The summed E-state index contributed by atoms with van der Waals surface area (Å²) < 4.78 is 10.5. The van der Waals surface area contributed by atoms with Crippen LogP contribution in [0.5, 0.6) is 17.2 Å². The minimum Gasteiger partial charge on any atom is -0.502 e. The molecule has 21 heavy (non-hydrogen) atoms. The van der Waals surface area contributed by atoms with Gasteiger partial charge in [-0.15, -0.1) is 11.8 Å². The zero-order chi connectivity index (χ0) is 15.2. The van der Waals surface area contributed by atoms with E-state index in [1.54, 1.807) is 26.0 Å². The van der Waals surface area contributed by atoms with Crippen molar-refractivity contribution in [3.8, 4) is 17.2 Å². The van der Waals surface area contributed by atoms with Crippen molar-refractivity contribution in [3.63, 3.8) is 0 Å². The van der Waals surface area contributed by atoms with E-state index in [1.165, 1.54) is 4.90 Å². The van der Waals surface area contributed by atoms with Gasteiger partial charge in [-0.2, -0.15) is 0 Å². The van der Waals surface area contributed by atoms with Crippen molar-refractivity contribution in [1.82, 2.24) is 0 Å². The van der Waals surface area contributed by atoms with Crippen LogP contribution in [0.4, 0.5) is 0 Å². The molecule has 4 heteroatoms. The molecule has 0 aliphatic rings. The standard InChI is InChI=1S/C17H20O3S/c1-4-16(21-13-8-6-5-7-9-13)12-10-14(19-2)17(18)15(11-12)20-3/h5-11,16,18H,4H2,1-3H3. The quantitative estimate of drug-likeness (QED) is 0.788. The number of phenolic OH excluding ortho intramolecular Hbond substituents is 1. The summed E-state index contributed by atoms with van der Waals surface area (Å²) in [4.78, 5) is 1.22. The molecule has 1 unspecified atom stereocenters. The zero-order valence-electron chi connectivity index (χ0n) is 12.5. The molecule has 0 aromatic heterocycles. The van der Waals surface area contributed by atoms with Crippen LogP contribution < -0.4 is 9.47 Å². The molecule has 0 fully saturated rings. The summed E-state index contributed by atoms with van der Waals surface area (Å²) in [6, 6.07) is 14.0. The molecule has 2 aromatic carbocycles. The van der Waals surface area contributed by atoms with E-state index in [-0.39, 0.29) is 11.0 Å². The Labute approximate surface area is 129 Å². The number of rotatable bonds is 6. The highest BCUT2D eigenvalue weighted by Gasteiger charge is 2.17. The van der Waals surface area contributed by atoms with Gasteiger partial charge in [-0.25, -0.2) is 0 Å². The molecule has 0 radical (unpaired) electrons. The number of methoxy groups -OCH3 is 2. The van der Waals surface area contributed by atoms with Crippen LogP contribution in [0.25, 0.3) is 0 Å². The topological polar surface area (TPSA) is 38.7 Å². The van der Waals surface area contributed by atoms with E-state index in [1.807, 2.05) is 30.3 Å². The molecule has 0 aliphatic carbocycles. The number of benzene rings is 2. The van der Waals surface area contributed by atoms with Crippen LogP contribution in [0.1, 0.15) is 24.2 Å². The highest BCUT2D eigenvalue weighted by atomic mass is 32.2. The molecule has 0 spiro atoms. The lowest BCUT2D eigenvalue weighted by atomic mass is 10.1. The third kappa shape index (κ3) is 3.64. The zero-order valence-corrected chi connectivity index (χ0v) is 13.3. The van der Waals surface area contributed by atoms with Crippen molar-refractivity contribution in [2.45, 2.75) is 23.5 Å².